The maximum Gasteiger partial charge on any atom is 0.243 e. The lowest BCUT2D eigenvalue weighted by atomic mass is 10.0. The van der Waals surface area contributed by atoms with E-state index in [0.29, 0.717) is 31.7 Å². The second-order valence-corrected chi connectivity index (χ2v) is 9.58. The smallest absolute Gasteiger partial charge is 0.243 e. The van der Waals surface area contributed by atoms with Crippen LogP contribution >= 0.6 is 11.8 Å². The number of hydrogen-bond acceptors (Lipinski definition) is 3. The third-order valence-corrected chi connectivity index (χ3v) is 6.64. The predicted octanol–water partition coefficient (Wildman–Crippen LogP) is 5.64. The number of hydrogen-bond donors (Lipinski definition) is 1. The van der Waals surface area contributed by atoms with E-state index in [0.717, 1.165) is 22.4 Å². The quantitative estimate of drug-likeness (QED) is 0.346. The van der Waals surface area contributed by atoms with Crippen molar-refractivity contribution < 1.29 is 9.59 Å². The Labute approximate surface area is 207 Å². The second kappa shape index (κ2) is 13.6. The molecule has 34 heavy (non-hydrogen) atoms. The zero-order valence-electron chi connectivity index (χ0n) is 20.1. The minimum Gasteiger partial charge on any atom is -0.354 e. The molecule has 1 atom stereocenters. The van der Waals surface area contributed by atoms with Crippen LogP contribution in [-0.2, 0) is 22.6 Å². The average Bonchev–Trinajstić information content (AvgIpc) is 2.87. The summed E-state index contributed by atoms with van der Waals surface area (Å²) in [5, 5.41) is 3.03. The number of aryl methyl sites for hydroxylation is 1. The molecule has 2 amide bonds. The Morgan fingerprint density at radius 1 is 0.882 bits per heavy atom. The van der Waals surface area contributed by atoms with E-state index in [-0.39, 0.29) is 11.8 Å². The SMILES string of the molecule is CCCNC(=O)C(Cc1ccccc1)N(Cc1ccc(C)cc1)C(=O)CCSc1ccccc1. The largest absolute Gasteiger partial charge is 0.354 e. The molecule has 3 aromatic rings. The van der Waals surface area contributed by atoms with Crippen molar-refractivity contribution >= 4 is 23.6 Å². The van der Waals surface area contributed by atoms with Crippen LogP contribution in [0.4, 0.5) is 0 Å². The molecular formula is C29H34N2O2S. The predicted molar refractivity (Wildman–Crippen MR) is 141 cm³/mol. The molecule has 1 unspecified atom stereocenters. The van der Waals surface area contributed by atoms with Gasteiger partial charge in [-0.15, -0.1) is 11.8 Å². The molecule has 0 fully saturated rings. The molecule has 178 valence electrons. The summed E-state index contributed by atoms with van der Waals surface area (Å²) in [5.74, 6) is 0.570. The number of nitrogens with zero attached hydrogens (tertiary/aromatic N) is 1. The van der Waals surface area contributed by atoms with Gasteiger partial charge in [0.1, 0.15) is 6.04 Å². The lowest BCUT2D eigenvalue weighted by molar-refractivity contribution is -0.141. The molecule has 0 saturated heterocycles. The van der Waals surface area contributed by atoms with Gasteiger partial charge in [0, 0.05) is 36.6 Å². The van der Waals surface area contributed by atoms with E-state index in [4.69, 9.17) is 0 Å². The lowest BCUT2D eigenvalue weighted by Crippen LogP contribution is -2.50. The number of nitrogens with one attached hydrogen (secondary N) is 1. The normalized spacial score (nSPS) is 11.6. The molecular weight excluding hydrogens is 440 g/mol. The highest BCUT2D eigenvalue weighted by molar-refractivity contribution is 7.99. The van der Waals surface area contributed by atoms with Crippen molar-refractivity contribution in [2.75, 3.05) is 12.3 Å². The highest BCUT2D eigenvalue weighted by Crippen LogP contribution is 2.21. The number of thioether (sulfide) groups is 1. The fraction of sp³-hybridized carbons (Fsp3) is 0.310. The van der Waals surface area contributed by atoms with Gasteiger partial charge in [-0.2, -0.15) is 0 Å². The van der Waals surface area contributed by atoms with Crippen molar-refractivity contribution in [3.8, 4) is 0 Å². The van der Waals surface area contributed by atoms with E-state index in [1.54, 1.807) is 16.7 Å². The van der Waals surface area contributed by atoms with E-state index in [1.165, 1.54) is 5.56 Å². The number of carbonyl (C=O) groups is 2. The van der Waals surface area contributed by atoms with Crippen LogP contribution in [0.3, 0.4) is 0 Å². The molecule has 3 rings (SSSR count). The molecule has 0 aliphatic rings. The van der Waals surface area contributed by atoms with Crippen molar-refractivity contribution in [3.63, 3.8) is 0 Å². The third kappa shape index (κ3) is 8.07. The number of rotatable bonds is 12. The Hall–Kier alpha value is -3.05. The summed E-state index contributed by atoms with van der Waals surface area (Å²) in [6.07, 6.45) is 1.71. The monoisotopic (exact) mass is 474 g/mol. The summed E-state index contributed by atoms with van der Waals surface area (Å²) in [5.41, 5.74) is 3.23. The van der Waals surface area contributed by atoms with Crippen LogP contribution in [0, 0.1) is 6.92 Å². The summed E-state index contributed by atoms with van der Waals surface area (Å²) < 4.78 is 0. The molecule has 0 spiro atoms. The summed E-state index contributed by atoms with van der Waals surface area (Å²) in [7, 11) is 0. The minimum atomic E-state index is -0.565. The van der Waals surface area contributed by atoms with E-state index in [9.17, 15) is 9.59 Å². The number of carbonyl (C=O) groups excluding carboxylic acids is 2. The molecule has 3 aromatic carbocycles. The van der Waals surface area contributed by atoms with Crippen LogP contribution in [0.2, 0.25) is 0 Å². The van der Waals surface area contributed by atoms with Gasteiger partial charge in [-0.05, 0) is 36.6 Å². The van der Waals surface area contributed by atoms with Gasteiger partial charge < -0.3 is 10.2 Å². The van der Waals surface area contributed by atoms with Gasteiger partial charge in [-0.3, -0.25) is 9.59 Å². The summed E-state index contributed by atoms with van der Waals surface area (Å²) in [6, 6.07) is 27.6. The van der Waals surface area contributed by atoms with Crippen LogP contribution in [0.25, 0.3) is 0 Å². The summed E-state index contributed by atoms with van der Waals surface area (Å²) in [4.78, 5) is 29.7. The van der Waals surface area contributed by atoms with Gasteiger partial charge in [-0.1, -0.05) is 85.3 Å². The fourth-order valence-electron chi connectivity index (χ4n) is 3.73. The van der Waals surface area contributed by atoms with E-state index >= 15 is 0 Å². The van der Waals surface area contributed by atoms with Crippen LogP contribution in [0.1, 0.15) is 36.5 Å². The minimum absolute atomic E-state index is 0.00316. The molecule has 0 aliphatic carbocycles. The number of benzene rings is 3. The molecule has 0 radical (unpaired) electrons. The van der Waals surface area contributed by atoms with E-state index in [2.05, 4.69) is 17.4 Å². The molecule has 0 saturated carbocycles. The summed E-state index contributed by atoms with van der Waals surface area (Å²) >= 11 is 1.66. The van der Waals surface area contributed by atoms with Gasteiger partial charge in [0.05, 0.1) is 0 Å². The maximum absolute atomic E-state index is 13.5. The summed E-state index contributed by atoms with van der Waals surface area (Å²) in [6.45, 7) is 5.08. The van der Waals surface area contributed by atoms with Gasteiger partial charge in [0.15, 0.2) is 0 Å². The third-order valence-electron chi connectivity index (χ3n) is 5.62. The highest BCUT2D eigenvalue weighted by atomic mass is 32.2. The van der Waals surface area contributed by atoms with Gasteiger partial charge in [0.25, 0.3) is 0 Å². The molecule has 0 aliphatic heterocycles. The first-order chi connectivity index (χ1) is 16.6. The standard InChI is InChI=1S/C29H34N2O2S/c1-3-19-30-29(33)27(21-24-10-6-4-7-11-24)31(22-25-16-14-23(2)15-17-25)28(32)18-20-34-26-12-8-5-9-13-26/h4-17,27H,3,18-22H2,1-2H3,(H,30,33). The van der Waals surface area contributed by atoms with Crippen molar-refractivity contribution in [3.05, 3.63) is 102 Å². The van der Waals surface area contributed by atoms with E-state index in [1.807, 2.05) is 86.6 Å². The van der Waals surface area contributed by atoms with Crippen molar-refractivity contribution in [1.29, 1.82) is 0 Å². The molecule has 0 bridgehead atoms. The van der Waals surface area contributed by atoms with Crippen molar-refractivity contribution in [2.24, 2.45) is 0 Å². The zero-order chi connectivity index (χ0) is 24.2. The van der Waals surface area contributed by atoms with Gasteiger partial charge in [0.2, 0.25) is 11.8 Å². The van der Waals surface area contributed by atoms with Crippen LogP contribution < -0.4 is 5.32 Å². The molecule has 4 nitrogen and oxygen atoms in total. The maximum atomic E-state index is 13.5. The Morgan fingerprint density at radius 2 is 1.53 bits per heavy atom. The van der Waals surface area contributed by atoms with Crippen molar-refractivity contribution in [2.45, 2.75) is 50.6 Å². The average molecular weight is 475 g/mol. The Bertz CT molecular complexity index is 1020. The Morgan fingerprint density at radius 3 is 2.18 bits per heavy atom. The topological polar surface area (TPSA) is 49.4 Å². The first-order valence-corrected chi connectivity index (χ1v) is 12.9. The Kier molecular flexibility index (Phi) is 10.2. The number of amides is 2. The molecule has 1 N–H and O–H groups in total. The zero-order valence-corrected chi connectivity index (χ0v) is 20.9. The van der Waals surface area contributed by atoms with Crippen molar-refractivity contribution in [1.82, 2.24) is 10.2 Å². The van der Waals surface area contributed by atoms with Crippen LogP contribution in [0.15, 0.2) is 89.8 Å². The highest BCUT2D eigenvalue weighted by Gasteiger charge is 2.30. The lowest BCUT2D eigenvalue weighted by Gasteiger charge is -2.31. The first kappa shape index (κ1) is 25.6. The Balaban J connectivity index is 1.82. The van der Waals surface area contributed by atoms with E-state index < -0.39 is 6.04 Å². The van der Waals surface area contributed by atoms with Gasteiger partial charge >= 0.3 is 0 Å². The first-order valence-electron chi connectivity index (χ1n) is 11.9. The second-order valence-electron chi connectivity index (χ2n) is 8.42. The fourth-order valence-corrected chi connectivity index (χ4v) is 4.59. The van der Waals surface area contributed by atoms with Crippen LogP contribution in [-0.4, -0.2) is 35.1 Å². The molecule has 0 aromatic heterocycles. The van der Waals surface area contributed by atoms with Gasteiger partial charge in [-0.25, -0.2) is 0 Å². The van der Waals surface area contributed by atoms with Crippen LogP contribution in [0.5, 0.6) is 0 Å². The molecule has 0 heterocycles. The molecule has 5 heteroatoms.